The van der Waals surface area contributed by atoms with Crippen molar-refractivity contribution in [3.05, 3.63) is 23.9 Å². The number of halogens is 2. The van der Waals surface area contributed by atoms with Gasteiger partial charge in [-0.1, -0.05) is 43.6 Å². The van der Waals surface area contributed by atoms with Crippen molar-refractivity contribution in [3.8, 4) is 0 Å². The van der Waals surface area contributed by atoms with Crippen LogP contribution in [-0.4, -0.2) is 16.2 Å². The Balaban J connectivity index is 1.69. The number of aromatic nitrogens is 1. The van der Waals surface area contributed by atoms with Crippen LogP contribution in [0.3, 0.4) is 0 Å². The second-order valence-electron chi connectivity index (χ2n) is 6.81. The molecule has 1 saturated carbocycles. The van der Waals surface area contributed by atoms with E-state index in [-0.39, 0.29) is 17.2 Å². The Kier molecular flexibility index (Phi) is 4.95. The summed E-state index contributed by atoms with van der Waals surface area (Å²) in [4.78, 5) is 11.7. The zero-order chi connectivity index (χ0) is 16.4. The molecule has 1 aliphatic carbocycles. The molecule has 0 bridgehead atoms. The lowest BCUT2D eigenvalue weighted by Crippen LogP contribution is -2.11. The van der Waals surface area contributed by atoms with Crippen LogP contribution >= 0.6 is 11.6 Å². The third-order valence-corrected chi connectivity index (χ3v) is 4.14. The van der Waals surface area contributed by atoms with Crippen molar-refractivity contribution in [1.29, 1.82) is 0 Å². The number of hydrogen-bond donors (Lipinski definition) is 1. The van der Waals surface area contributed by atoms with Gasteiger partial charge < -0.3 is 4.52 Å². The van der Waals surface area contributed by atoms with E-state index in [0.717, 1.165) is 25.0 Å². The third-order valence-electron chi connectivity index (χ3n) is 3.67. The van der Waals surface area contributed by atoms with E-state index in [4.69, 9.17) is 16.1 Å². The molecule has 122 valence electrons. The van der Waals surface area contributed by atoms with Crippen LogP contribution < -0.4 is 5.32 Å². The molecule has 4 nitrogen and oxygen atoms in total. The summed E-state index contributed by atoms with van der Waals surface area (Å²) in [6.07, 6.45) is 5.97. The van der Waals surface area contributed by atoms with Gasteiger partial charge in [0.1, 0.15) is 0 Å². The molecule has 1 aliphatic rings. The summed E-state index contributed by atoms with van der Waals surface area (Å²) in [5.74, 6) is 0.0449. The van der Waals surface area contributed by atoms with Crippen LogP contribution in [0.25, 0.3) is 0 Å². The van der Waals surface area contributed by atoms with Gasteiger partial charge in [-0.25, -0.2) is 4.39 Å². The maximum atomic E-state index is 13.1. The van der Waals surface area contributed by atoms with Gasteiger partial charge in [-0.05, 0) is 25.3 Å². The number of carbonyl (C=O) groups is 1. The molecule has 0 spiro atoms. The molecule has 1 fully saturated rings. The minimum absolute atomic E-state index is 0.0265. The highest BCUT2D eigenvalue weighted by Crippen LogP contribution is 2.53. The Labute approximate surface area is 135 Å². The maximum absolute atomic E-state index is 13.1. The second-order valence-corrected chi connectivity index (χ2v) is 7.44. The number of amides is 1. The Hall–Kier alpha value is -1.36. The SMILES string of the molecule is CC(C)(C)c1cc(NC(=O)/C=C/CCCC2CC2(F)Cl)on1. The number of allylic oxidation sites excluding steroid dienone is 1. The highest BCUT2D eigenvalue weighted by molar-refractivity contribution is 6.24. The van der Waals surface area contributed by atoms with E-state index in [2.05, 4.69) is 10.5 Å². The van der Waals surface area contributed by atoms with Crippen molar-refractivity contribution >= 4 is 23.4 Å². The van der Waals surface area contributed by atoms with Gasteiger partial charge in [-0.2, -0.15) is 0 Å². The zero-order valence-corrected chi connectivity index (χ0v) is 13.9. The molecule has 2 rings (SSSR count). The van der Waals surface area contributed by atoms with E-state index < -0.39 is 5.13 Å². The van der Waals surface area contributed by atoms with Gasteiger partial charge in [-0.15, -0.1) is 0 Å². The second kappa shape index (κ2) is 6.41. The monoisotopic (exact) mass is 328 g/mol. The first-order valence-electron chi connectivity index (χ1n) is 7.51. The standard InChI is InChI=1S/C16H22ClFN2O2/c1-15(2,3)12-9-14(22-20-12)19-13(21)8-6-4-5-7-11-10-16(11,17)18/h6,8-9,11H,4-5,7,10H2,1-3H3,(H,19,21)/b8-6+. The Bertz CT molecular complexity index is 561. The van der Waals surface area contributed by atoms with Crippen molar-refractivity contribution in [1.82, 2.24) is 5.16 Å². The fourth-order valence-corrected chi connectivity index (χ4v) is 2.40. The molecule has 1 aromatic rings. The molecule has 0 aliphatic heterocycles. The number of carbonyl (C=O) groups excluding carboxylic acids is 1. The highest BCUT2D eigenvalue weighted by Gasteiger charge is 2.53. The van der Waals surface area contributed by atoms with Crippen LogP contribution in [0.5, 0.6) is 0 Å². The predicted octanol–water partition coefficient (Wildman–Crippen LogP) is 4.56. The lowest BCUT2D eigenvalue weighted by atomic mass is 9.92. The highest BCUT2D eigenvalue weighted by atomic mass is 35.5. The maximum Gasteiger partial charge on any atom is 0.250 e. The Morgan fingerprint density at radius 1 is 1.64 bits per heavy atom. The molecule has 22 heavy (non-hydrogen) atoms. The average Bonchev–Trinajstić information content (AvgIpc) is 2.81. The zero-order valence-electron chi connectivity index (χ0n) is 13.2. The Morgan fingerprint density at radius 3 is 2.86 bits per heavy atom. The smallest absolute Gasteiger partial charge is 0.250 e. The minimum Gasteiger partial charge on any atom is -0.338 e. The third kappa shape index (κ3) is 4.83. The van der Waals surface area contributed by atoms with Gasteiger partial charge in [0.05, 0.1) is 5.69 Å². The van der Waals surface area contributed by atoms with Gasteiger partial charge >= 0.3 is 0 Å². The number of nitrogens with zero attached hydrogens (tertiary/aromatic N) is 1. The van der Waals surface area contributed by atoms with Crippen LogP contribution in [0.2, 0.25) is 0 Å². The van der Waals surface area contributed by atoms with Gasteiger partial charge in [0, 0.05) is 23.8 Å². The molecule has 0 aromatic carbocycles. The summed E-state index contributed by atoms with van der Waals surface area (Å²) in [6, 6.07) is 1.72. The summed E-state index contributed by atoms with van der Waals surface area (Å²) >= 11 is 5.53. The molecular weight excluding hydrogens is 307 g/mol. The van der Waals surface area contributed by atoms with Crippen LogP contribution in [0.4, 0.5) is 10.3 Å². The van der Waals surface area contributed by atoms with Gasteiger partial charge in [0.25, 0.3) is 0 Å². The van der Waals surface area contributed by atoms with Crippen molar-refractivity contribution in [2.24, 2.45) is 5.92 Å². The van der Waals surface area contributed by atoms with Gasteiger partial charge in [0.15, 0.2) is 5.13 Å². The molecule has 1 N–H and O–H groups in total. The van der Waals surface area contributed by atoms with E-state index in [1.807, 2.05) is 20.8 Å². The first-order valence-corrected chi connectivity index (χ1v) is 7.89. The van der Waals surface area contributed by atoms with Gasteiger partial charge in [0.2, 0.25) is 11.8 Å². The first-order chi connectivity index (χ1) is 10.2. The quantitative estimate of drug-likeness (QED) is 0.473. The first kappa shape index (κ1) is 17.0. The van der Waals surface area contributed by atoms with Crippen molar-refractivity contribution < 1.29 is 13.7 Å². The number of hydrogen-bond acceptors (Lipinski definition) is 3. The molecule has 1 aromatic heterocycles. The van der Waals surface area contributed by atoms with Crippen molar-refractivity contribution in [2.75, 3.05) is 5.32 Å². The number of rotatable bonds is 6. The summed E-state index contributed by atoms with van der Waals surface area (Å²) in [6.45, 7) is 6.05. The van der Waals surface area contributed by atoms with E-state index >= 15 is 0 Å². The van der Waals surface area contributed by atoms with Gasteiger partial charge in [-0.3, -0.25) is 10.1 Å². The van der Waals surface area contributed by atoms with E-state index in [1.54, 1.807) is 12.1 Å². The lowest BCUT2D eigenvalue weighted by Gasteiger charge is -2.12. The molecule has 0 radical (unpaired) electrons. The molecule has 1 heterocycles. The summed E-state index contributed by atoms with van der Waals surface area (Å²) in [5, 5.41) is 5.08. The van der Waals surface area contributed by atoms with Crippen LogP contribution in [0.1, 0.15) is 52.1 Å². The van der Waals surface area contributed by atoms with Crippen molar-refractivity contribution in [2.45, 2.75) is 57.0 Å². The number of anilines is 1. The van der Waals surface area contributed by atoms with E-state index in [0.29, 0.717) is 12.3 Å². The fraction of sp³-hybridized carbons (Fsp3) is 0.625. The topological polar surface area (TPSA) is 55.1 Å². The van der Waals surface area contributed by atoms with E-state index in [9.17, 15) is 9.18 Å². The Morgan fingerprint density at radius 2 is 2.32 bits per heavy atom. The minimum atomic E-state index is -1.47. The fourth-order valence-electron chi connectivity index (χ4n) is 2.11. The normalized spacial score (nSPS) is 24.7. The largest absolute Gasteiger partial charge is 0.338 e. The summed E-state index contributed by atoms with van der Waals surface area (Å²) < 4.78 is 18.2. The molecule has 0 saturated heterocycles. The number of alkyl halides is 2. The molecule has 2 atom stereocenters. The van der Waals surface area contributed by atoms with E-state index in [1.165, 1.54) is 6.08 Å². The lowest BCUT2D eigenvalue weighted by molar-refractivity contribution is -0.112. The summed E-state index contributed by atoms with van der Waals surface area (Å²) in [5.41, 5.74) is 0.658. The van der Waals surface area contributed by atoms with Crippen molar-refractivity contribution in [3.63, 3.8) is 0 Å². The molecule has 1 amide bonds. The predicted molar refractivity (Wildman–Crippen MR) is 84.6 cm³/mol. The summed E-state index contributed by atoms with van der Waals surface area (Å²) in [7, 11) is 0. The van der Waals surface area contributed by atoms with Crippen LogP contribution in [-0.2, 0) is 10.2 Å². The van der Waals surface area contributed by atoms with Crippen LogP contribution in [0, 0.1) is 5.92 Å². The molecular formula is C16H22ClFN2O2. The number of nitrogens with one attached hydrogen (secondary N) is 1. The van der Waals surface area contributed by atoms with Crippen LogP contribution in [0.15, 0.2) is 22.7 Å². The molecule has 2 unspecified atom stereocenters. The molecule has 6 heteroatoms. The average molecular weight is 329 g/mol. The number of unbranched alkanes of at least 4 members (excludes halogenated alkanes) is 1.